The number of hydrogen-bond acceptors (Lipinski definition) is 8. The Morgan fingerprint density at radius 2 is 0.701 bits per heavy atom. The van der Waals surface area contributed by atoms with E-state index in [0.717, 1.165) is 141 Å². The Kier molecular flexibility index (Phi) is 52.9. The molecule has 0 aliphatic carbocycles. The third-order valence-electron chi connectivity index (χ3n) is 11.5. The van der Waals surface area contributed by atoms with E-state index in [1.807, 2.05) is 21.1 Å². The standard InChI is InChI=1S/C68H105NO8/c1-6-8-10-12-14-16-18-20-22-24-26-27-28-29-30-31-32-33-34-35-36-37-38-39-41-43-45-47-49-51-53-55-57-59-66(71)77-64(63-76-68(67(72)73)74-61-60-69(3,4)5)62-75-65(70)58-56-54-52-50-48-46-44-42-40-25-23-21-19-17-15-13-11-9-7-2/h8-11,14-17,20-23,26-27,29-30,32-33,35-36,38-40,42-43,45-46,48,64,68H,6-7,12-13,18-19,24-25,28,31,34,37,41,44,47,49-63H2,1-5H3/b10-8-,11-9-,16-14-,17-15-,22-20-,23-21-,27-26-,30-29-,33-32-,36-35-,39-38-,42-40-,45-43-,48-46-. The van der Waals surface area contributed by atoms with Crippen LogP contribution < -0.4 is 5.11 Å². The van der Waals surface area contributed by atoms with Gasteiger partial charge in [0.15, 0.2) is 12.4 Å². The van der Waals surface area contributed by atoms with Crippen LogP contribution >= 0.6 is 0 Å². The molecule has 0 N–H and O–H groups in total. The number of carboxylic acids is 1. The summed E-state index contributed by atoms with van der Waals surface area (Å²) in [7, 11) is 5.88. The average Bonchev–Trinajstić information content (AvgIpc) is 3.40. The summed E-state index contributed by atoms with van der Waals surface area (Å²) in [5.74, 6) is -2.38. The highest BCUT2D eigenvalue weighted by atomic mass is 16.7. The van der Waals surface area contributed by atoms with E-state index in [1.54, 1.807) is 0 Å². The Hall–Kier alpha value is -5.35. The van der Waals surface area contributed by atoms with E-state index < -0.39 is 30.3 Å². The number of carbonyl (C=O) groups excluding carboxylic acids is 3. The maximum absolute atomic E-state index is 12.9. The summed E-state index contributed by atoms with van der Waals surface area (Å²) in [6.45, 7) is 4.42. The number of esters is 2. The Morgan fingerprint density at radius 1 is 0.390 bits per heavy atom. The van der Waals surface area contributed by atoms with Gasteiger partial charge in [-0.15, -0.1) is 0 Å². The summed E-state index contributed by atoms with van der Waals surface area (Å²) in [6.07, 6.45) is 82.6. The number of hydrogen-bond donors (Lipinski definition) is 0. The summed E-state index contributed by atoms with van der Waals surface area (Å²) < 4.78 is 22.6. The SMILES string of the molecule is CC/C=C\C/C=C\C/C=C\C/C=C\C/C=C\C/C=C\C/C=C\C/C=C\C/C=C\CCCCCCCC(=O)OC(COC(=O)CCCCC/C=C\C/C=C\C/C=C\C/C=C\C/C=C\CC)COC(OCC[N+](C)(C)C)C(=O)[O-]. The number of ether oxygens (including phenoxy) is 4. The molecule has 0 aliphatic heterocycles. The molecule has 0 aromatic carbocycles. The highest BCUT2D eigenvalue weighted by Gasteiger charge is 2.22. The molecular formula is C68H105NO8. The predicted octanol–water partition coefficient (Wildman–Crippen LogP) is 16.2. The minimum atomic E-state index is -1.65. The number of nitrogens with zero attached hydrogens (tertiary/aromatic N) is 1. The Morgan fingerprint density at radius 3 is 1.05 bits per heavy atom. The van der Waals surface area contributed by atoms with E-state index in [0.29, 0.717) is 23.9 Å². The van der Waals surface area contributed by atoms with Crippen LogP contribution in [-0.2, 0) is 33.3 Å². The van der Waals surface area contributed by atoms with Gasteiger partial charge in [0.1, 0.15) is 13.2 Å². The highest BCUT2D eigenvalue weighted by Crippen LogP contribution is 2.12. The quantitative estimate of drug-likeness (QED) is 0.0195. The first-order valence-electron chi connectivity index (χ1n) is 29.3. The molecular weight excluding hydrogens is 959 g/mol. The maximum atomic E-state index is 12.9. The molecule has 0 aromatic heterocycles. The lowest BCUT2D eigenvalue weighted by Gasteiger charge is -2.26. The molecule has 0 heterocycles. The molecule has 77 heavy (non-hydrogen) atoms. The largest absolute Gasteiger partial charge is 0.545 e. The molecule has 0 bridgehead atoms. The minimum Gasteiger partial charge on any atom is -0.545 e. The molecule has 0 aromatic rings. The van der Waals surface area contributed by atoms with Crippen molar-refractivity contribution in [2.45, 2.75) is 193 Å². The zero-order valence-electron chi connectivity index (χ0n) is 48.7. The molecule has 9 heteroatoms. The number of carboxylic acid groups (broad SMARTS) is 1. The van der Waals surface area contributed by atoms with Crippen molar-refractivity contribution < 1.29 is 42.9 Å². The molecule has 9 nitrogen and oxygen atoms in total. The molecule has 0 radical (unpaired) electrons. The fourth-order valence-electron chi connectivity index (χ4n) is 7.02. The zero-order valence-corrected chi connectivity index (χ0v) is 48.7. The summed E-state index contributed by atoms with van der Waals surface area (Å²) in [4.78, 5) is 37.3. The minimum absolute atomic E-state index is 0.127. The van der Waals surface area contributed by atoms with Gasteiger partial charge in [-0.3, -0.25) is 9.59 Å². The first kappa shape index (κ1) is 71.7. The third-order valence-corrected chi connectivity index (χ3v) is 11.5. The van der Waals surface area contributed by atoms with Crippen molar-refractivity contribution in [1.29, 1.82) is 0 Å². The predicted molar refractivity (Wildman–Crippen MR) is 324 cm³/mol. The molecule has 2 atom stereocenters. The van der Waals surface area contributed by atoms with Gasteiger partial charge in [0.05, 0.1) is 40.3 Å². The molecule has 0 fully saturated rings. The van der Waals surface area contributed by atoms with Crippen molar-refractivity contribution in [2.24, 2.45) is 0 Å². The molecule has 0 aliphatic rings. The van der Waals surface area contributed by atoms with Crippen LogP contribution in [0.15, 0.2) is 170 Å². The molecule has 0 amide bonds. The van der Waals surface area contributed by atoms with Gasteiger partial charge in [0.25, 0.3) is 0 Å². The second-order valence-electron chi connectivity index (χ2n) is 19.8. The van der Waals surface area contributed by atoms with Crippen LogP contribution in [0.3, 0.4) is 0 Å². The van der Waals surface area contributed by atoms with Crippen molar-refractivity contribution in [1.82, 2.24) is 0 Å². The lowest BCUT2D eigenvalue weighted by molar-refractivity contribution is -0.870. The number of likely N-dealkylation sites (N-methyl/N-ethyl adjacent to an activating group) is 1. The van der Waals surface area contributed by atoms with Crippen LogP contribution in [0.25, 0.3) is 0 Å². The van der Waals surface area contributed by atoms with Gasteiger partial charge in [-0.25, -0.2) is 0 Å². The lowest BCUT2D eigenvalue weighted by Crippen LogP contribution is -2.44. The van der Waals surface area contributed by atoms with Crippen molar-refractivity contribution in [3.05, 3.63) is 170 Å². The number of quaternary nitrogens is 1. The van der Waals surface area contributed by atoms with E-state index in [-0.39, 0.29) is 32.7 Å². The lowest BCUT2D eigenvalue weighted by atomic mass is 10.1. The van der Waals surface area contributed by atoms with Crippen LogP contribution in [0.2, 0.25) is 0 Å². The Bertz CT molecular complexity index is 1860. The third kappa shape index (κ3) is 58.2. The first-order valence-corrected chi connectivity index (χ1v) is 29.3. The summed E-state index contributed by atoms with van der Waals surface area (Å²) in [5, 5.41) is 11.8. The van der Waals surface area contributed by atoms with Crippen LogP contribution in [-0.4, -0.2) is 82.3 Å². The van der Waals surface area contributed by atoms with Gasteiger partial charge in [-0.2, -0.15) is 0 Å². The van der Waals surface area contributed by atoms with Gasteiger partial charge in [0, 0.05) is 12.8 Å². The van der Waals surface area contributed by atoms with E-state index in [9.17, 15) is 19.5 Å². The van der Waals surface area contributed by atoms with Crippen LogP contribution in [0, 0.1) is 0 Å². The zero-order chi connectivity index (χ0) is 56.2. The van der Waals surface area contributed by atoms with Crippen molar-refractivity contribution in [2.75, 3.05) is 47.5 Å². The molecule has 430 valence electrons. The normalized spacial score (nSPS) is 14.0. The monoisotopic (exact) mass is 1060 g/mol. The highest BCUT2D eigenvalue weighted by molar-refractivity contribution is 5.70. The topological polar surface area (TPSA) is 111 Å². The number of carbonyl (C=O) groups is 3. The number of unbranched alkanes of at least 4 members (excludes halogenated alkanes) is 8. The van der Waals surface area contributed by atoms with Gasteiger partial charge in [-0.1, -0.05) is 210 Å². The van der Waals surface area contributed by atoms with Gasteiger partial charge in [0.2, 0.25) is 0 Å². The van der Waals surface area contributed by atoms with Crippen LogP contribution in [0.1, 0.15) is 181 Å². The van der Waals surface area contributed by atoms with E-state index in [1.165, 1.54) is 0 Å². The van der Waals surface area contributed by atoms with Gasteiger partial charge < -0.3 is 33.3 Å². The molecule has 0 saturated carbocycles. The Balaban J connectivity index is 4.38. The first-order chi connectivity index (χ1) is 37.6. The van der Waals surface area contributed by atoms with Crippen molar-refractivity contribution >= 4 is 17.9 Å². The number of allylic oxidation sites excluding steroid dienone is 28. The van der Waals surface area contributed by atoms with E-state index >= 15 is 0 Å². The number of aliphatic carboxylic acids is 1. The fraction of sp³-hybridized carbons (Fsp3) is 0.544. The van der Waals surface area contributed by atoms with E-state index in [2.05, 4.69) is 184 Å². The Labute approximate surface area is 469 Å². The van der Waals surface area contributed by atoms with E-state index in [4.69, 9.17) is 18.9 Å². The van der Waals surface area contributed by atoms with Gasteiger partial charge >= 0.3 is 11.9 Å². The number of rotatable bonds is 51. The molecule has 0 rings (SSSR count). The molecule has 2 unspecified atom stereocenters. The summed E-state index contributed by atoms with van der Waals surface area (Å²) in [5.41, 5.74) is 0. The van der Waals surface area contributed by atoms with Crippen LogP contribution in [0.4, 0.5) is 0 Å². The second kappa shape index (κ2) is 56.8. The van der Waals surface area contributed by atoms with Gasteiger partial charge in [-0.05, 0) is 128 Å². The van der Waals surface area contributed by atoms with Crippen LogP contribution in [0.5, 0.6) is 0 Å². The molecule has 0 saturated heterocycles. The van der Waals surface area contributed by atoms with Crippen molar-refractivity contribution in [3.8, 4) is 0 Å². The maximum Gasteiger partial charge on any atom is 0.306 e. The fourth-order valence-corrected chi connectivity index (χ4v) is 7.02. The molecule has 0 spiro atoms. The smallest absolute Gasteiger partial charge is 0.306 e. The summed E-state index contributed by atoms with van der Waals surface area (Å²) >= 11 is 0. The second-order valence-corrected chi connectivity index (χ2v) is 19.8. The average molecular weight is 1060 g/mol. The summed E-state index contributed by atoms with van der Waals surface area (Å²) in [6, 6.07) is 0. The van der Waals surface area contributed by atoms with Crippen molar-refractivity contribution in [3.63, 3.8) is 0 Å².